The van der Waals surface area contributed by atoms with Crippen molar-refractivity contribution in [2.75, 3.05) is 36.3 Å². The fourth-order valence-electron chi connectivity index (χ4n) is 3.06. The molecule has 0 aliphatic carbocycles. The molecule has 0 saturated carbocycles. The van der Waals surface area contributed by atoms with Gasteiger partial charge in [0.05, 0.1) is 12.7 Å². The van der Waals surface area contributed by atoms with Crippen molar-refractivity contribution in [3.05, 3.63) is 41.0 Å². The maximum absolute atomic E-state index is 13.6. The summed E-state index contributed by atoms with van der Waals surface area (Å²) in [5, 5.41) is 9.59. The van der Waals surface area contributed by atoms with Gasteiger partial charge in [0, 0.05) is 18.8 Å². The number of anilines is 2. The second-order valence-electron chi connectivity index (χ2n) is 8.19. The molecule has 0 aliphatic heterocycles. The van der Waals surface area contributed by atoms with Gasteiger partial charge in [-0.2, -0.15) is 17.6 Å². The summed E-state index contributed by atoms with van der Waals surface area (Å²) in [6.07, 6.45) is -8.63. The molecular weight excluding hydrogens is 607 g/mol. The number of hydrogen-bond acceptors (Lipinski definition) is 7. The third kappa shape index (κ3) is 8.37. The molecule has 0 radical (unpaired) electrons. The van der Waals surface area contributed by atoms with Crippen molar-refractivity contribution in [3.63, 3.8) is 0 Å². The first-order valence-corrected chi connectivity index (χ1v) is 13.2. The highest BCUT2D eigenvalue weighted by atomic mass is 31.2. The van der Waals surface area contributed by atoms with E-state index in [9.17, 15) is 39.7 Å². The first kappa shape index (κ1) is 34.4. The number of benzene rings is 1. The van der Waals surface area contributed by atoms with Gasteiger partial charge in [0.1, 0.15) is 18.9 Å². The van der Waals surface area contributed by atoms with Crippen molar-refractivity contribution in [2.24, 2.45) is 17.3 Å². The largest absolute Gasteiger partial charge is 0.433 e. The second kappa shape index (κ2) is 13.9. The molecule has 0 bridgehead atoms. The number of alkyl halides is 8. The van der Waals surface area contributed by atoms with Crippen LogP contribution in [0.5, 0.6) is 0 Å². The summed E-state index contributed by atoms with van der Waals surface area (Å²) in [6, 6.07) is 3.90. The molecule has 0 aliphatic rings. The van der Waals surface area contributed by atoms with E-state index in [2.05, 4.69) is 33.9 Å². The fourth-order valence-corrected chi connectivity index (χ4v) is 4.42. The van der Waals surface area contributed by atoms with Gasteiger partial charge in [-0.1, -0.05) is 23.2 Å². The van der Waals surface area contributed by atoms with Crippen molar-refractivity contribution in [2.45, 2.75) is 38.5 Å². The van der Waals surface area contributed by atoms with Crippen LogP contribution in [0.2, 0.25) is 0 Å². The lowest BCUT2D eigenvalue weighted by molar-refractivity contribution is -0.158. The molecule has 230 valence electrons. The molecule has 1 heterocycles. The number of aromatic nitrogens is 2. The lowest BCUT2D eigenvalue weighted by Gasteiger charge is -2.26. The molecule has 2 rings (SSSR count). The molecule has 1 N–H and O–H groups in total. The number of halogens is 8. The first-order valence-electron chi connectivity index (χ1n) is 11.7. The Balaban J connectivity index is 2.61. The van der Waals surface area contributed by atoms with E-state index in [4.69, 9.17) is 13.1 Å². The molecule has 2 aromatic rings. The minimum atomic E-state index is -5.52. The number of hydrogen-bond donors (Lipinski definition) is 1. The van der Waals surface area contributed by atoms with E-state index in [-0.39, 0.29) is 23.3 Å². The van der Waals surface area contributed by atoms with Crippen LogP contribution in [0.25, 0.3) is 9.69 Å². The fraction of sp³-hybridized carbons (Fsp3) is 0.500. The molecule has 0 atom stereocenters. The van der Waals surface area contributed by atoms with Crippen molar-refractivity contribution in [1.82, 2.24) is 9.55 Å². The Labute approximate surface area is 234 Å². The molecule has 0 amide bonds. The summed E-state index contributed by atoms with van der Waals surface area (Å²) in [5.74, 6) is -10.6. The van der Waals surface area contributed by atoms with Crippen molar-refractivity contribution < 1.29 is 48.7 Å². The molecule has 0 saturated heterocycles. The van der Waals surface area contributed by atoms with E-state index in [1.54, 1.807) is 18.7 Å². The molecule has 0 fully saturated rings. The number of nitrogens with one attached hydrogen (secondary N) is 1. The van der Waals surface area contributed by atoms with Crippen LogP contribution < -0.4 is 9.99 Å². The predicted octanol–water partition coefficient (Wildman–Crippen LogP) is 8.14. The summed E-state index contributed by atoms with van der Waals surface area (Å²) in [5.41, 5.74) is -0.375. The van der Waals surface area contributed by atoms with Crippen LogP contribution >= 0.6 is 7.75 Å². The third-order valence-corrected chi connectivity index (χ3v) is 6.79. The van der Waals surface area contributed by atoms with Crippen LogP contribution in [0.15, 0.2) is 28.4 Å². The highest BCUT2D eigenvalue weighted by molar-refractivity contribution is 7.55. The average Bonchev–Trinajstić information content (AvgIpc) is 3.25. The van der Waals surface area contributed by atoms with Crippen LogP contribution in [-0.4, -0.2) is 60.6 Å². The Hall–Kier alpha value is -3.80. The van der Waals surface area contributed by atoms with Gasteiger partial charge in [0.2, 0.25) is 0 Å². The van der Waals surface area contributed by atoms with Crippen molar-refractivity contribution in [1.29, 1.82) is 0 Å². The Morgan fingerprint density at radius 2 is 1.57 bits per heavy atom. The first-order chi connectivity index (χ1) is 19.5. The second-order valence-corrected chi connectivity index (χ2v) is 9.93. The predicted molar refractivity (Wildman–Crippen MR) is 135 cm³/mol. The highest BCUT2D eigenvalue weighted by Crippen LogP contribution is 2.52. The number of imidazole rings is 1. The smallest absolute Gasteiger partial charge is 0.373 e. The summed E-state index contributed by atoms with van der Waals surface area (Å²) >= 11 is 0. The van der Waals surface area contributed by atoms with Gasteiger partial charge >= 0.3 is 38.4 Å². The zero-order valence-electron chi connectivity index (χ0n) is 22.0. The standard InChI is InChI=1S/C22H23F8N8O3P/c1-6-38(7-2)13-8-9-14(34-35-20-33-16(31-3)17(32-4)37(20)5)15(10-13)36-42(39,40-11-21(27,28)18(23)24)41-12-22(29,30)19(25)26/h8-10,18-19H,6-7,11-12H2,1-2,5H3,(H,36,39). The maximum Gasteiger partial charge on any atom is 0.433 e. The number of rotatable bonds is 15. The van der Waals surface area contributed by atoms with E-state index >= 15 is 0 Å². The summed E-state index contributed by atoms with van der Waals surface area (Å²) < 4.78 is 128. The van der Waals surface area contributed by atoms with E-state index in [0.717, 1.165) is 4.57 Å². The average molecular weight is 630 g/mol. The molecule has 0 spiro atoms. The van der Waals surface area contributed by atoms with E-state index < -0.39 is 51.3 Å². The molecule has 11 nitrogen and oxygen atoms in total. The molecule has 42 heavy (non-hydrogen) atoms. The van der Waals surface area contributed by atoms with Gasteiger partial charge in [-0.3, -0.25) is 14.1 Å². The van der Waals surface area contributed by atoms with E-state index in [1.807, 2.05) is 5.09 Å². The Morgan fingerprint density at radius 3 is 2.00 bits per heavy atom. The quantitative estimate of drug-likeness (QED) is 0.0923. The molecule has 1 aromatic carbocycles. The number of nitrogens with zero attached hydrogens (tertiary/aromatic N) is 7. The van der Waals surface area contributed by atoms with Gasteiger partial charge in [0.25, 0.3) is 11.6 Å². The zero-order valence-corrected chi connectivity index (χ0v) is 22.9. The van der Waals surface area contributed by atoms with E-state index in [1.165, 1.54) is 25.2 Å². The third-order valence-electron chi connectivity index (χ3n) is 5.34. The lowest BCUT2D eigenvalue weighted by atomic mass is 10.2. The summed E-state index contributed by atoms with van der Waals surface area (Å²) in [7, 11) is -4.18. The molecule has 20 heteroatoms. The van der Waals surface area contributed by atoms with Crippen LogP contribution in [0.4, 0.5) is 69.8 Å². The van der Waals surface area contributed by atoms with Gasteiger partial charge < -0.3 is 14.6 Å². The molecule has 1 aromatic heterocycles. The molecule has 0 unspecified atom stereocenters. The van der Waals surface area contributed by atoms with Crippen LogP contribution in [0, 0.1) is 13.1 Å². The highest BCUT2D eigenvalue weighted by Gasteiger charge is 2.47. The van der Waals surface area contributed by atoms with Gasteiger partial charge in [-0.15, -0.1) is 5.11 Å². The Bertz CT molecular complexity index is 1380. The van der Waals surface area contributed by atoms with Crippen LogP contribution in [0.3, 0.4) is 0 Å². The van der Waals surface area contributed by atoms with Crippen molar-refractivity contribution in [3.8, 4) is 0 Å². The Morgan fingerprint density at radius 1 is 1.02 bits per heavy atom. The van der Waals surface area contributed by atoms with Crippen LogP contribution in [-0.2, 0) is 20.7 Å². The number of azo groups is 1. The maximum atomic E-state index is 13.6. The van der Waals surface area contributed by atoms with Gasteiger partial charge in [-0.05, 0) is 32.0 Å². The Kier molecular flexibility index (Phi) is 11.4. The lowest BCUT2D eigenvalue weighted by Crippen LogP contribution is -2.34. The van der Waals surface area contributed by atoms with Gasteiger partial charge in [-0.25, -0.2) is 26.7 Å². The summed E-state index contributed by atoms with van der Waals surface area (Å²) in [6.45, 7) is 14.0. The van der Waals surface area contributed by atoms with Crippen molar-refractivity contribution >= 4 is 42.4 Å². The van der Waals surface area contributed by atoms with Gasteiger partial charge in [0.15, 0.2) is 0 Å². The van der Waals surface area contributed by atoms with Crippen LogP contribution in [0.1, 0.15) is 13.8 Å². The SMILES string of the molecule is [C-]#[N+]c1nc(N=Nc2ccc(N(CC)CC)cc2NP(=O)(OCC(F)(F)C(F)F)OCC(F)(F)C(F)F)n(C)c1[N+]#[C-]. The topological polar surface area (TPSA) is 102 Å². The normalized spacial score (nSPS) is 12.6. The molecular formula is C22H23F8N8O3P. The van der Waals surface area contributed by atoms with E-state index in [0.29, 0.717) is 18.8 Å². The minimum absolute atomic E-state index is 0.180. The minimum Gasteiger partial charge on any atom is -0.373 e. The summed E-state index contributed by atoms with van der Waals surface area (Å²) in [4.78, 5) is 11.8. The monoisotopic (exact) mass is 630 g/mol. The zero-order chi connectivity index (χ0) is 31.9.